The fraction of sp³-hybridized carbons (Fsp3) is 0.647. The summed E-state index contributed by atoms with van der Waals surface area (Å²) in [5.74, 6) is 1.51. The number of nitrogens with one attached hydrogen (secondary N) is 1. The van der Waals surface area contributed by atoms with Crippen molar-refractivity contribution in [1.82, 2.24) is 10.2 Å². The number of hydrogen-bond acceptors (Lipinski definition) is 3. The maximum atomic E-state index is 13.4. The summed E-state index contributed by atoms with van der Waals surface area (Å²) < 4.78 is 13.4. The minimum Gasteiger partial charge on any atom is -0.312 e. The van der Waals surface area contributed by atoms with Crippen LogP contribution in [0, 0.1) is 11.7 Å². The molecule has 0 heterocycles. The molecule has 0 unspecified atom stereocenters. The Morgan fingerprint density at radius 1 is 1.24 bits per heavy atom. The normalized spacial score (nSPS) is 11.6. The summed E-state index contributed by atoms with van der Waals surface area (Å²) in [4.78, 5) is 3.60. The Morgan fingerprint density at radius 3 is 2.57 bits per heavy atom. The third-order valence-corrected chi connectivity index (χ3v) is 4.55. The van der Waals surface area contributed by atoms with Gasteiger partial charge in [-0.1, -0.05) is 27.7 Å². The molecular weight excluding hydrogens is 283 g/mol. The van der Waals surface area contributed by atoms with Crippen molar-refractivity contribution >= 4 is 11.8 Å². The fourth-order valence-electron chi connectivity index (χ4n) is 2.15. The maximum Gasteiger partial charge on any atom is 0.123 e. The summed E-state index contributed by atoms with van der Waals surface area (Å²) >= 11 is 1.83. The van der Waals surface area contributed by atoms with Gasteiger partial charge in [0.15, 0.2) is 0 Å². The van der Waals surface area contributed by atoms with Gasteiger partial charge in [0.05, 0.1) is 0 Å². The van der Waals surface area contributed by atoms with E-state index in [2.05, 4.69) is 37.9 Å². The van der Waals surface area contributed by atoms with E-state index in [-0.39, 0.29) is 5.82 Å². The molecular formula is C17H29FN2S. The zero-order valence-electron chi connectivity index (χ0n) is 13.8. The lowest BCUT2D eigenvalue weighted by molar-refractivity contribution is 0.324. The van der Waals surface area contributed by atoms with E-state index in [0.29, 0.717) is 5.92 Å². The Morgan fingerprint density at radius 2 is 1.95 bits per heavy atom. The van der Waals surface area contributed by atoms with Gasteiger partial charge in [-0.25, -0.2) is 4.39 Å². The third kappa shape index (κ3) is 7.30. The van der Waals surface area contributed by atoms with Gasteiger partial charge < -0.3 is 10.2 Å². The zero-order valence-corrected chi connectivity index (χ0v) is 14.6. The smallest absolute Gasteiger partial charge is 0.123 e. The monoisotopic (exact) mass is 312 g/mol. The van der Waals surface area contributed by atoms with E-state index >= 15 is 0 Å². The molecule has 0 aromatic heterocycles. The molecule has 4 heteroatoms. The van der Waals surface area contributed by atoms with E-state index in [9.17, 15) is 4.39 Å². The lowest BCUT2D eigenvalue weighted by Gasteiger charge is -2.18. The predicted octanol–water partition coefficient (Wildman–Crippen LogP) is 4.01. The number of nitrogens with zero attached hydrogens (tertiary/aromatic N) is 1. The molecule has 0 atom stereocenters. The van der Waals surface area contributed by atoms with Crippen molar-refractivity contribution in [3.8, 4) is 0 Å². The number of halogens is 1. The topological polar surface area (TPSA) is 15.3 Å². The van der Waals surface area contributed by atoms with Gasteiger partial charge in [0.2, 0.25) is 0 Å². The standard InChI is InChI=1S/C17H29FN2S/c1-5-20(6-2)9-10-21-17-8-7-16(18)11-15(17)13-19-12-14(3)4/h7-8,11,14,19H,5-6,9-10,12-13H2,1-4H3. The van der Waals surface area contributed by atoms with Crippen LogP contribution >= 0.6 is 11.8 Å². The van der Waals surface area contributed by atoms with Gasteiger partial charge in [0.25, 0.3) is 0 Å². The Labute approximate surface area is 133 Å². The van der Waals surface area contributed by atoms with Crippen LogP contribution in [0.4, 0.5) is 4.39 Å². The second-order valence-corrected chi connectivity index (χ2v) is 6.79. The molecule has 2 nitrogen and oxygen atoms in total. The molecule has 1 aromatic rings. The Hall–Kier alpha value is -0.580. The SMILES string of the molecule is CCN(CC)CCSc1ccc(F)cc1CNCC(C)C. The van der Waals surface area contributed by atoms with Crippen molar-refractivity contribution in [3.63, 3.8) is 0 Å². The molecule has 0 bridgehead atoms. The zero-order chi connectivity index (χ0) is 15.7. The van der Waals surface area contributed by atoms with E-state index < -0.39 is 0 Å². The molecule has 0 aliphatic heterocycles. The molecule has 0 spiro atoms. The summed E-state index contributed by atoms with van der Waals surface area (Å²) in [7, 11) is 0. The second kappa shape index (κ2) is 10.2. The molecule has 0 aliphatic carbocycles. The quantitative estimate of drug-likeness (QED) is 0.657. The van der Waals surface area contributed by atoms with Crippen molar-refractivity contribution in [1.29, 1.82) is 0 Å². The first-order valence-electron chi connectivity index (χ1n) is 7.91. The van der Waals surface area contributed by atoms with Crippen LogP contribution in [0.1, 0.15) is 33.3 Å². The van der Waals surface area contributed by atoms with Gasteiger partial charge in [-0.2, -0.15) is 0 Å². The Balaban J connectivity index is 2.55. The van der Waals surface area contributed by atoms with Crippen molar-refractivity contribution in [3.05, 3.63) is 29.6 Å². The molecule has 1 N–H and O–H groups in total. The number of benzene rings is 1. The lowest BCUT2D eigenvalue weighted by atomic mass is 10.2. The highest BCUT2D eigenvalue weighted by Crippen LogP contribution is 2.23. The number of thioether (sulfide) groups is 1. The average molecular weight is 312 g/mol. The summed E-state index contributed by atoms with van der Waals surface area (Å²) in [5.41, 5.74) is 1.07. The molecule has 0 aliphatic rings. The second-order valence-electron chi connectivity index (χ2n) is 5.65. The van der Waals surface area contributed by atoms with Crippen LogP contribution in [0.5, 0.6) is 0 Å². The van der Waals surface area contributed by atoms with Crippen LogP contribution in [-0.2, 0) is 6.54 Å². The first-order chi connectivity index (χ1) is 10.1. The summed E-state index contributed by atoms with van der Waals surface area (Å²) in [6.07, 6.45) is 0. The van der Waals surface area contributed by atoms with Crippen LogP contribution < -0.4 is 5.32 Å². The molecule has 0 amide bonds. The van der Waals surface area contributed by atoms with Crippen LogP contribution in [0.2, 0.25) is 0 Å². The first kappa shape index (κ1) is 18.5. The van der Waals surface area contributed by atoms with Crippen LogP contribution in [0.15, 0.2) is 23.1 Å². The minimum atomic E-state index is -0.149. The van der Waals surface area contributed by atoms with Gasteiger partial charge >= 0.3 is 0 Å². The van der Waals surface area contributed by atoms with Gasteiger partial charge in [0.1, 0.15) is 5.82 Å². The van der Waals surface area contributed by atoms with Gasteiger partial charge in [-0.15, -0.1) is 11.8 Å². The van der Waals surface area contributed by atoms with Gasteiger partial charge in [-0.3, -0.25) is 0 Å². The minimum absolute atomic E-state index is 0.149. The first-order valence-corrected chi connectivity index (χ1v) is 8.89. The summed E-state index contributed by atoms with van der Waals surface area (Å²) in [6.45, 7) is 13.7. The van der Waals surface area contributed by atoms with Gasteiger partial charge in [0, 0.05) is 23.7 Å². The van der Waals surface area contributed by atoms with Crippen molar-refractivity contribution < 1.29 is 4.39 Å². The van der Waals surface area contributed by atoms with E-state index in [0.717, 1.165) is 44.0 Å². The molecule has 0 saturated heterocycles. The molecule has 21 heavy (non-hydrogen) atoms. The van der Waals surface area contributed by atoms with Crippen molar-refractivity contribution in [2.75, 3.05) is 31.9 Å². The highest BCUT2D eigenvalue weighted by molar-refractivity contribution is 7.99. The van der Waals surface area contributed by atoms with E-state index in [4.69, 9.17) is 0 Å². The van der Waals surface area contributed by atoms with Gasteiger partial charge in [-0.05, 0) is 49.3 Å². The van der Waals surface area contributed by atoms with Crippen molar-refractivity contribution in [2.24, 2.45) is 5.92 Å². The highest BCUT2D eigenvalue weighted by atomic mass is 32.2. The molecule has 1 rings (SSSR count). The molecule has 0 saturated carbocycles. The molecule has 1 aromatic carbocycles. The van der Waals surface area contributed by atoms with E-state index in [1.165, 1.54) is 4.90 Å². The molecule has 120 valence electrons. The van der Waals surface area contributed by atoms with E-state index in [1.54, 1.807) is 12.1 Å². The predicted molar refractivity (Wildman–Crippen MR) is 91.5 cm³/mol. The maximum absolute atomic E-state index is 13.4. The lowest BCUT2D eigenvalue weighted by Crippen LogP contribution is -2.25. The van der Waals surface area contributed by atoms with Crippen LogP contribution in [0.3, 0.4) is 0 Å². The summed E-state index contributed by atoms with van der Waals surface area (Å²) in [5, 5.41) is 3.40. The van der Waals surface area contributed by atoms with E-state index in [1.807, 2.05) is 17.8 Å². The average Bonchev–Trinajstić information content (AvgIpc) is 2.45. The van der Waals surface area contributed by atoms with Crippen LogP contribution in [-0.4, -0.2) is 36.8 Å². The Bertz CT molecular complexity index is 406. The van der Waals surface area contributed by atoms with Crippen LogP contribution in [0.25, 0.3) is 0 Å². The highest BCUT2D eigenvalue weighted by Gasteiger charge is 2.06. The Kier molecular flexibility index (Phi) is 8.97. The largest absolute Gasteiger partial charge is 0.312 e. The number of rotatable bonds is 10. The van der Waals surface area contributed by atoms with Crippen molar-refractivity contribution in [2.45, 2.75) is 39.1 Å². The number of hydrogen-bond donors (Lipinski definition) is 1. The molecule has 0 fully saturated rings. The fourth-order valence-corrected chi connectivity index (χ4v) is 3.20. The third-order valence-electron chi connectivity index (χ3n) is 3.45. The summed E-state index contributed by atoms with van der Waals surface area (Å²) in [6, 6.07) is 5.13. The molecule has 0 radical (unpaired) electrons.